The lowest BCUT2D eigenvalue weighted by Gasteiger charge is -2.17. The second-order valence-electron chi connectivity index (χ2n) is 8.29. The fourth-order valence-electron chi connectivity index (χ4n) is 3.92. The van der Waals surface area contributed by atoms with Crippen LogP contribution in [0, 0.1) is 0 Å². The van der Waals surface area contributed by atoms with Crippen LogP contribution in [0.15, 0.2) is 72.8 Å². The first-order chi connectivity index (χ1) is 16.6. The third-order valence-corrected chi connectivity index (χ3v) is 5.78. The average molecular weight is 458 g/mol. The molecule has 3 aromatic carbocycles. The summed E-state index contributed by atoms with van der Waals surface area (Å²) in [6.07, 6.45) is 1.72. The molecule has 176 valence electrons. The highest BCUT2D eigenvalue weighted by Crippen LogP contribution is 2.27. The molecule has 0 radical (unpaired) electrons. The number of nitrogens with zero attached hydrogens (tertiary/aromatic N) is 2. The Morgan fingerprint density at radius 2 is 1.79 bits per heavy atom. The first-order valence-electron chi connectivity index (χ1n) is 11.7. The predicted molar refractivity (Wildman–Crippen MR) is 135 cm³/mol. The highest BCUT2D eigenvalue weighted by molar-refractivity contribution is 5.97. The van der Waals surface area contributed by atoms with Gasteiger partial charge in [0.1, 0.15) is 11.5 Å². The molecular formula is C28H31N3O3. The number of unbranched alkanes of at least 4 members (excludes halogenated alkanes) is 1. The molecule has 1 unspecified atom stereocenters. The number of carbonyl (C=O) groups is 1. The van der Waals surface area contributed by atoms with Gasteiger partial charge in [0.15, 0.2) is 11.9 Å². The van der Waals surface area contributed by atoms with Gasteiger partial charge in [-0.3, -0.25) is 4.79 Å². The number of methoxy groups -OCH3 is 1. The van der Waals surface area contributed by atoms with Crippen LogP contribution in [-0.4, -0.2) is 29.1 Å². The van der Waals surface area contributed by atoms with Gasteiger partial charge in [-0.1, -0.05) is 43.7 Å². The molecule has 4 rings (SSSR count). The Bertz CT molecular complexity index is 1230. The molecule has 0 spiro atoms. The van der Waals surface area contributed by atoms with Gasteiger partial charge in [0, 0.05) is 18.7 Å². The van der Waals surface area contributed by atoms with Crippen LogP contribution in [0.1, 0.15) is 54.5 Å². The zero-order valence-corrected chi connectivity index (χ0v) is 20.0. The van der Waals surface area contributed by atoms with Crippen molar-refractivity contribution in [3.8, 4) is 11.5 Å². The predicted octanol–water partition coefficient (Wildman–Crippen LogP) is 5.76. The maximum absolute atomic E-state index is 12.6. The number of carbonyl (C=O) groups excluding carboxylic acids is 1. The number of hydrogen-bond acceptors (Lipinski definition) is 4. The van der Waals surface area contributed by atoms with E-state index in [-0.39, 0.29) is 12.0 Å². The van der Waals surface area contributed by atoms with Gasteiger partial charge >= 0.3 is 0 Å². The summed E-state index contributed by atoms with van der Waals surface area (Å²) in [6.45, 7) is 5.40. The van der Waals surface area contributed by atoms with Crippen LogP contribution < -0.4 is 14.8 Å². The number of benzene rings is 3. The van der Waals surface area contributed by atoms with Crippen LogP contribution in [-0.2, 0) is 6.54 Å². The lowest BCUT2D eigenvalue weighted by molar-refractivity contribution is 0.0953. The number of para-hydroxylation sites is 1. The maximum Gasteiger partial charge on any atom is 0.251 e. The molecule has 6 heteroatoms. The Morgan fingerprint density at radius 3 is 2.50 bits per heavy atom. The van der Waals surface area contributed by atoms with E-state index in [1.807, 2.05) is 79.7 Å². The molecule has 0 aliphatic heterocycles. The highest BCUT2D eigenvalue weighted by Gasteiger charge is 2.20. The van der Waals surface area contributed by atoms with Gasteiger partial charge in [-0.25, -0.2) is 4.98 Å². The van der Waals surface area contributed by atoms with Gasteiger partial charge in [0.2, 0.25) is 0 Å². The number of imidazole rings is 1. The summed E-state index contributed by atoms with van der Waals surface area (Å²) in [5.41, 5.74) is 3.46. The summed E-state index contributed by atoms with van der Waals surface area (Å²) in [4.78, 5) is 17.5. The average Bonchev–Trinajstić information content (AvgIpc) is 3.23. The number of nitrogens with one attached hydrogen (secondary N) is 1. The van der Waals surface area contributed by atoms with Crippen molar-refractivity contribution in [1.82, 2.24) is 14.9 Å². The minimum Gasteiger partial charge on any atom is -0.497 e. The van der Waals surface area contributed by atoms with Crippen LogP contribution in [0.25, 0.3) is 11.0 Å². The van der Waals surface area contributed by atoms with Gasteiger partial charge < -0.3 is 19.4 Å². The van der Waals surface area contributed by atoms with Gasteiger partial charge in [0.05, 0.1) is 18.1 Å². The Kier molecular flexibility index (Phi) is 7.48. The van der Waals surface area contributed by atoms with E-state index < -0.39 is 0 Å². The molecule has 0 aliphatic rings. The van der Waals surface area contributed by atoms with E-state index >= 15 is 0 Å². The largest absolute Gasteiger partial charge is 0.497 e. The molecule has 1 atom stereocenters. The Balaban J connectivity index is 1.69. The minimum absolute atomic E-state index is 0.0739. The first-order valence-corrected chi connectivity index (χ1v) is 11.7. The number of fused-ring (bicyclic) bond motifs is 1. The van der Waals surface area contributed by atoms with Crippen LogP contribution in [0.4, 0.5) is 0 Å². The van der Waals surface area contributed by atoms with Crippen molar-refractivity contribution in [2.24, 2.45) is 0 Å². The standard InChI is InChI=1S/C28H31N3O3/c1-4-5-17-29-28(32)22-13-16-26-25(18-22)30-27(20(2)34-24-9-7-6-8-10-24)31(26)19-21-11-14-23(33-3)15-12-21/h6-16,18,20H,4-5,17,19H2,1-3H3,(H,29,32). The third-order valence-electron chi connectivity index (χ3n) is 5.78. The summed E-state index contributed by atoms with van der Waals surface area (Å²) in [5, 5.41) is 2.98. The second kappa shape index (κ2) is 10.9. The minimum atomic E-state index is -0.283. The van der Waals surface area contributed by atoms with E-state index in [1.54, 1.807) is 7.11 Å². The summed E-state index contributed by atoms with van der Waals surface area (Å²) < 4.78 is 13.7. The molecule has 0 fully saturated rings. The highest BCUT2D eigenvalue weighted by atomic mass is 16.5. The van der Waals surface area contributed by atoms with Crippen molar-refractivity contribution in [1.29, 1.82) is 0 Å². The molecule has 1 amide bonds. The molecule has 6 nitrogen and oxygen atoms in total. The molecule has 1 N–H and O–H groups in total. The van der Waals surface area contributed by atoms with Crippen molar-refractivity contribution in [3.63, 3.8) is 0 Å². The Labute approximate surface area is 200 Å². The SMILES string of the molecule is CCCCNC(=O)c1ccc2c(c1)nc(C(C)Oc1ccccc1)n2Cc1ccc(OC)cc1. The normalized spacial score (nSPS) is 11.9. The Morgan fingerprint density at radius 1 is 1.03 bits per heavy atom. The molecule has 1 aromatic heterocycles. The van der Waals surface area contributed by atoms with Crippen molar-refractivity contribution in [2.45, 2.75) is 39.3 Å². The van der Waals surface area contributed by atoms with Crippen molar-refractivity contribution < 1.29 is 14.3 Å². The Hall–Kier alpha value is -3.80. The third kappa shape index (κ3) is 5.39. The second-order valence-corrected chi connectivity index (χ2v) is 8.29. The zero-order valence-electron chi connectivity index (χ0n) is 20.0. The van der Waals surface area contributed by atoms with Crippen molar-refractivity contribution >= 4 is 16.9 Å². The summed E-state index contributed by atoms with van der Waals surface area (Å²) in [7, 11) is 1.66. The number of ether oxygens (including phenoxy) is 2. The number of rotatable bonds is 10. The van der Waals surface area contributed by atoms with E-state index in [9.17, 15) is 4.79 Å². The zero-order chi connectivity index (χ0) is 23.9. The van der Waals surface area contributed by atoms with Crippen LogP contribution >= 0.6 is 0 Å². The molecule has 1 heterocycles. The fraction of sp³-hybridized carbons (Fsp3) is 0.286. The van der Waals surface area contributed by atoms with Gasteiger partial charge in [-0.05, 0) is 61.4 Å². The quantitative estimate of drug-likeness (QED) is 0.307. The molecule has 0 bridgehead atoms. The smallest absolute Gasteiger partial charge is 0.251 e. The van der Waals surface area contributed by atoms with E-state index in [2.05, 4.69) is 16.8 Å². The molecular weight excluding hydrogens is 426 g/mol. The molecule has 0 aliphatic carbocycles. The topological polar surface area (TPSA) is 65.4 Å². The molecule has 34 heavy (non-hydrogen) atoms. The monoisotopic (exact) mass is 457 g/mol. The number of hydrogen-bond donors (Lipinski definition) is 1. The fourth-order valence-corrected chi connectivity index (χ4v) is 3.92. The van der Waals surface area contributed by atoms with Gasteiger partial charge in [-0.15, -0.1) is 0 Å². The lowest BCUT2D eigenvalue weighted by Crippen LogP contribution is -2.24. The van der Waals surface area contributed by atoms with Crippen LogP contribution in [0.3, 0.4) is 0 Å². The number of aromatic nitrogens is 2. The van der Waals surface area contributed by atoms with Crippen LogP contribution in [0.5, 0.6) is 11.5 Å². The number of amides is 1. The molecule has 0 saturated carbocycles. The molecule has 4 aromatic rings. The summed E-state index contributed by atoms with van der Waals surface area (Å²) in [5.74, 6) is 2.33. The van der Waals surface area contributed by atoms with E-state index in [1.165, 1.54) is 0 Å². The first kappa shape index (κ1) is 23.4. The summed E-state index contributed by atoms with van der Waals surface area (Å²) in [6, 6.07) is 23.4. The summed E-state index contributed by atoms with van der Waals surface area (Å²) >= 11 is 0. The maximum atomic E-state index is 12.6. The molecule has 0 saturated heterocycles. The van der Waals surface area contributed by atoms with E-state index in [0.29, 0.717) is 18.7 Å². The van der Waals surface area contributed by atoms with E-state index in [4.69, 9.17) is 14.5 Å². The van der Waals surface area contributed by atoms with Gasteiger partial charge in [-0.2, -0.15) is 0 Å². The van der Waals surface area contributed by atoms with Gasteiger partial charge in [0.25, 0.3) is 5.91 Å². The lowest BCUT2D eigenvalue weighted by atomic mass is 10.1. The van der Waals surface area contributed by atoms with Crippen molar-refractivity contribution in [3.05, 3.63) is 89.7 Å². The van der Waals surface area contributed by atoms with Crippen molar-refractivity contribution in [2.75, 3.05) is 13.7 Å². The van der Waals surface area contributed by atoms with Crippen LogP contribution in [0.2, 0.25) is 0 Å². The van der Waals surface area contributed by atoms with E-state index in [0.717, 1.165) is 46.8 Å².